The van der Waals surface area contributed by atoms with Gasteiger partial charge in [0.05, 0.1) is 6.61 Å². The lowest BCUT2D eigenvalue weighted by Crippen LogP contribution is -2.50. The molecule has 2 N–H and O–H groups in total. The zero-order chi connectivity index (χ0) is 14.5. The summed E-state index contributed by atoms with van der Waals surface area (Å²) < 4.78 is 0. The molecule has 2 rings (SSSR count). The Kier molecular flexibility index (Phi) is 6.31. The van der Waals surface area contributed by atoms with Gasteiger partial charge in [0.15, 0.2) is 0 Å². The fourth-order valence-electron chi connectivity index (χ4n) is 4.50. The van der Waals surface area contributed by atoms with E-state index in [0.29, 0.717) is 18.7 Å². The van der Waals surface area contributed by atoms with E-state index in [9.17, 15) is 5.11 Å². The predicted octanol–water partition coefficient (Wildman–Crippen LogP) is 2.49. The number of likely N-dealkylation sites (tertiary alicyclic amines) is 1. The summed E-state index contributed by atoms with van der Waals surface area (Å²) in [7, 11) is 2.12. The first-order chi connectivity index (χ1) is 9.65. The third-order valence-corrected chi connectivity index (χ3v) is 5.70. The molecule has 2 fully saturated rings. The third kappa shape index (κ3) is 3.96. The molecule has 1 heterocycles. The van der Waals surface area contributed by atoms with E-state index in [1.165, 1.54) is 51.6 Å². The highest BCUT2D eigenvalue weighted by atomic mass is 16.3. The summed E-state index contributed by atoms with van der Waals surface area (Å²) in [6.45, 7) is 7.50. The van der Waals surface area contributed by atoms with Crippen molar-refractivity contribution in [1.82, 2.24) is 10.2 Å². The van der Waals surface area contributed by atoms with Gasteiger partial charge in [0.25, 0.3) is 0 Å². The molecular formula is C17H34N2O. The van der Waals surface area contributed by atoms with Crippen molar-refractivity contribution in [1.29, 1.82) is 0 Å². The Balaban J connectivity index is 2.01. The molecule has 0 amide bonds. The minimum absolute atomic E-state index is 0.335. The van der Waals surface area contributed by atoms with E-state index >= 15 is 0 Å². The van der Waals surface area contributed by atoms with E-state index in [1.54, 1.807) is 0 Å². The molecule has 0 aromatic rings. The van der Waals surface area contributed by atoms with Crippen LogP contribution < -0.4 is 5.32 Å². The second kappa shape index (κ2) is 7.77. The molecule has 0 spiro atoms. The molecule has 2 aliphatic rings. The molecule has 0 aromatic carbocycles. The molecule has 3 nitrogen and oxygen atoms in total. The maximum Gasteiger partial charge on any atom is 0.0586 e. The fraction of sp³-hybridized carbons (Fsp3) is 1.00. The highest BCUT2D eigenvalue weighted by Crippen LogP contribution is 2.35. The van der Waals surface area contributed by atoms with Crippen LogP contribution in [0.4, 0.5) is 0 Å². The average molecular weight is 282 g/mol. The van der Waals surface area contributed by atoms with Crippen LogP contribution in [-0.2, 0) is 0 Å². The molecule has 1 aliphatic heterocycles. The summed E-state index contributed by atoms with van der Waals surface area (Å²) in [5, 5.41) is 13.3. The summed E-state index contributed by atoms with van der Waals surface area (Å²) in [5.74, 6) is 2.37. The van der Waals surface area contributed by atoms with Crippen LogP contribution in [0.1, 0.15) is 52.4 Å². The van der Waals surface area contributed by atoms with E-state index in [4.69, 9.17) is 0 Å². The van der Waals surface area contributed by atoms with Gasteiger partial charge in [-0.25, -0.2) is 0 Å². The molecule has 1 saturated heterocycles. The second-order valence-electron chi connectivity index (χ2n) is 7.29. The van der Waals surface area contributed by atoms with Crippen LogP contribution in [-0.4, -0.2) is 48.8 Å². The van der Waals surface area contributed by atoms with E-state index in [0.717, 1.165) is 17.8 Å². The SMILES string of the molecule is CNC1CC(C)CC(C)C1CN1CCCCCC1CO. The summed E-state index contributed by atoms with van der Waals surface area (Å²) in [6, 6.07) is 1.05. The van der Waals surface area contributed by atoms with Gasteiger partial charge in [0.1, 0.15) is 0 Å². The standard InChI is InChI=1S/C17H34N2O/c1-13-9-14(2)16(17(10-13)18-3)11-19-8-6-4-5-7-15(19)12-20/h13-18,20H,4-12H2,1-3H3. The van der Waals surface area contributed by atoms with E-state index in [2.05, 4.69) is 31.1 Å². The number of hydrogen-bond donors (Lipinski definition) is 2. The largest absolute Gasteiger partial charge is 0.395 e. The predicted molar refractivity (Wildman–Crippen MR) is 84.8 cm³/mol. The molecule has 118 valence electrons. The second-order valence-corrected chi connectivity index (χ2v) is 7.29. The van der Waals surface area contributed by atoms with E-state index < -0.39 is 0 Å². The first kappa shape index (κ1) is 16.3. The first-order valence-corrected chi connectivity index (χ1v) is 8.67. The molecule has 1 aliphatic carbocycles. The van der Waals surface area contributed by atoms with Gasteiger partial charge in [-0.1, -0.05) is 26.7 Å². The van der Waals surface area contributed by atoms with Crippen LogP contribution in [0.5, 0.6) is 0 Å². The fourth-order valence-corrected chi connectivity index (χ4v) is 4.50. The molecule has 0 bridgehead atoms. The van der Waals surface area contributed by atoms with Crippen LogP contribution >= 0.6 is 0 Å². The minimum Gasteiger partial charge on any atom is -0.395 e. The van der Waals surface area contributed by atoms with Gasteiger partial charge < -0.3 is 10.4 Å². The number of rotatable bonds is 4. The quantitative estimate of drug-likeness (QED) is 0.831. The molecule has 20 heavy (non-hydrogen) atoms. The Labute approximate surface area is 125 Å². The van der Waals surface area contributed by atoms with Crippen LogP contribution in [0, 0.1) is 17.8 Å². The Morgan fingerprint density at radius 3 is 2.65 bits per heavy atom. The van der Waals surface area contributed by atoms with Crippen LogP contribution in [0.25, 0.3) is 0 Å². The lowest BCUT2D eigenvalue weighted by atomic mass is 9.72. The summed E-state index contributed by atoms with van der Waals surface area (Å²) in [4.78, 5) is 2.59. The number of nitrogens with zero attached hydrogens (tertiary/aromatic N) is 1. The topological polar surface area (TPSA) is 35.5 Å². The van der Waals surface area contributed by atoms with Crippen molar-refractivity contribution < 1.29 is 5.11 Å². The average Bonchev–Trinajstić information content (AvgIpc) is 2.66. The van der Waals surface area contributed by atoms with Crippen molar-refractivity contribution in [2.24, 2.45) is 17.8 Å². The Morgan fingerprint density at radius 2 is 1.95 bits per heavy atom. The Bertz CT molecular complexity index is 284. The van der Waals surface area contributed by atoms with Gasteiger partial charge in [-0.3, -0.25) is 4.90 Å². The lowest BCUT2D eigenvalue weighted by molar-refractivity contribution is 0.0617. The van der Waals surface area contributed by atoms with Crippen molar-refractivity contribution in [3.8, 4) is 0 Å². The van der Waals surface area contributed by atoms with E-state index in [1.807, 2.05) is 0 Å². The Hall–Kier alpha value is -0.120. The molecule has 3 heteroatoms. The maximum atomic E-state index is 9.69. The highest BCUT2D eigenvalue weighted by molar-refractivity contribution is 4.90. The van der Waals surface area contributed by atoms with Gasteiger partial charge in [0, 0.05) is 18.6 Å². The van der Waals surface area contributed by atoms with Gasteiger partial charge in [-0.15, -0.1) is 0 Å². The monoisotopic (exact) mass is 282 g/mol. The molecule has 5 unspecified atom stereocenters. The molecule has 5 atom stereocenters. The van der Waals surface area contributed by atoms with Crippen LogP contribution in [0.2, 0.25) is 0 Å². The third-order valence-electron chi connectivity index (χ3n) is 5.70. The summed E-state index contributed by atoms with van der Waals surface area (Å²) in [5.41, 5.74) is 0. The number of aliphatic hydroxyl groups excluding tert-OH is 1. The normalized spacial score (nSPS) is 40.5. The molecular weight excluding hydrogens is 248 g/mol. The zero-order valence-corrected chi connectivity index (χ0v) is 13.6. The molecule has 0 aromatic heterocycles. The smallest absolute Gasteiger partial charge is 0.0586 e. The van der Waals surface area contributed by atoms with Crippen LogP contribution in [0.15, 0.2) is 0 Å². The zero-order valence-electron chi connectivity index (χ0n) is 13.6. The van der Waals surface area contributed by atoms with Gasteiger partial charge in [0.2, 0.25) is 0 Å². The van der Waals surface area contributed by atoms with Crippen molar-refractivity contribution in [3.05, 3.63) is 0 Å². The first-order valence-electron chi connectivity index (χ1n) is 8.67. The number of hydrogen-bond acceptors (Lipinski definition) is 3. The maximum absolute atomic E-state index is 9.69. The minimum atomic E-state index is 0.335. The van der Waals surface area contributed by atoms with E-state index in [-0.39, 0.29) is 0 Å². The van der Waals surface area contributed by atoms with Crippen molar-refractivity contribution in [2.45, 2.75) is 64.5 Å². The lowest BCUT2D eigenvalue weighted by Gasteiger charge is -2.43. The summed E-state index contributed by atoms with van der Waals surface area (Å²) >= 11 is 0. The number of aliphatic hydroxyl groups is 1. The van der Waals surface area contributed by atoms with Crippen molar-refractivity contribution in [2.75, 3.05) is 26.7 Å². The summed E-state index contributed by atoms with van der Waals surface area (Å²) in [6.07, 6.45) is 7.77. The van der Waals surface area contributed by atoms with Gasteiger partial charge in [-0.2, -0.15) is 0 Å². The van der Waals surface area contributed by atoms with Crippen molar-refractivity contribution >= 4 is 0 Å². The van der Waals surface area contributed by atoms with Gasteiger partial charge >= 0.3 is 0 Å². The molecule has 0 radical (unpaired) electrons. The van der Waals surface area contributed by atoms with Crippen LogP contribution in [0.3, 0.4) is 0 Å². The Morgan fingerprint density at radius 1 is 1.15 bits per heavy atom. The number of nitrogens with one attached hydrogen (secondary N) is 1. The molecule has 1 saturated carbocycles. The highest BCUT2D eigenvalue weighted by Gasteiger charge is 2.35. The van der Waals surface area contributed by atoms with Crippen molar-refractivity contribution in [3.63, 3.8) is 0 Å². The van der Waals surface area contributed by atoms with Gasteiger partial charge in [-0.05, 0) is 57.0 Å².